The van der Waals surface area contributed by atoms with Crippen molar-refractivity contribution >= 4 is 11.6 Å². The molecule has 0 radical (unpaired) electrons. The number of halogens is 2. The lowest BCUT2D eigenvalue weighted by Crippen LogP contribution is -2.28. The first-order chi connectivity index (χ1) is 12.4. The summed E-state index contributed by atoms with van der Waals surface area (Å²) in [5.41, 5.74) is -0.350. The number of fused-ring (bicyclic) bond motifs is 1. The lowest BCUT2D eigenvalue weighted by molar-refractivity contribution is 0.0956. The zero-order valence-electron chi connectivity index (χ0n) is 14.3. The number of rotatable bonds is 6. The van der Waals surface area contributed by atoms with Gasteiger partial charge in [-0.05, 0) is 39.2 Å². The van der Waals surface area contributed by atoms with Gasteiger partial charge >= 0.3 is 0 Å². The zero-order chi connectivity index (χ0) is 18.8. The van der Waals surface area contributed by atoms with Gasteiger partial charge in [-0.3, -0.25) is 9.59 Å². The van der Waals surface area contributed by atoms with E-state index in [0.717, 1.165) is 25.1 Å². The second-order valence-electron chi connectivity index (χ2n) is 6.13. The summed E-state index contributed by atoms with van der Waals surface area (Å²) in [4.78, 5) is 30.6. The van der Waals surface area contributed by atoms with Crippen molar-refractivity contribution in [2.45, 2.75) is 6.42 Å². The van der Waals surface area contributed by atoms with Crippen molar-refractivity contribution in [2.75, 3.05) is 27.2 Å². The van der Waals surface area contributed by atoms with Crippen LogP contribution in [0.1, 0.15) is 27.5 Å². The molecule has 1 N–H and O–H groups in total. The highest BCUT2D eigenvalue weighted by molar-refractivity contribution is 6.22. The molecule has 0 bridgehead atoms. The van der Waals surface area contributed by atoms with E-state index in [1.54, 1.807) is 0 Å². The molecule has 1 aromatic carbocycles. The van der Waals surface area contributed by atoms with Gasteiger partial charge in [-0.2, -0.15) is 0 Å². The van der Waals surface area contributed by atoms with E-state index in [9.17, 15) is 18.4 Å². The largest absolute Gasteiger partial charge is 0.432 e. The topological polar surface area (TPSA) is 75.4 Å². The second-order valence-corrected chi connectivity index (χ2v) is 6.13. The van der Waals surface area contributed by atoms with Crippen molar-refractivity contribution in [1.29, 1.82) is 0 Å². The van der Waals surface area contributed by atoms with E-state index in [-0.39, 0.29) is 28.6 Å². The average molecular weight is 361 g/mol. The maximum Gasteiger partial charge on any atom is 0.246 e. The van der Waals surface area contributed by atoms with E-state index >= 15 is 0 Å². The Labute approximate surface area is 148 Å². The molecule has 1 heterocycles. The van der Waals surface area contributed by atoms with Crippen LogP contribution in [0.15, 0.2) is 34.4 Å². The molecular weight excluding hydrogens is 344 g/mol. The smallest absolute Gasteiger partial charge is 0.246 e. The number of nitrogens with zero attached hydrogens (tertiary/aromatic N) is 2. The summed E-state index contributed by atoms with van der Waals surface area (Å²) in [6.07, 6.45) is 1.92. The Bertz CT molecular complexity index is 903. The van der Waals surface area contributed by atoms with Gasteiger partial charge in [0.15, 0.2) is 17.3 Å². The van der Waals surface area contributed by atoms with Crippen LogP contribution in [-0.2, 0) is 0 Å². The predicted molar refractivity (Wildman–Crippen MR) is 89.8 cm³/mol. The first-order valence-corrected chi connectivity index (χ1v) is 8.03. The molecule has 6 nitrogen and oxygen atoms in total. The summed E-state index contributed by atoms with van der Waals surface area (Å²) in [6, 6.07) is 3.50. The first kappa shape index (κ1) is 17.9. The van der Waals surface area contributed by atoms with Crippen LogP contribution in [0.25, 0.3) is 11.5 Å². The van der Waals surface area contributed by atoms with Crippen LogP contribution in [0.4, 0.5) is 8.78 Å². The molecule has 1 aromatic heterocycles. The van der Waals surface area contributed by atoms with Gasteiger partial charge < -0.3 is 14.6 Å². The Morgan fingerprint density at radius 1 is 1.23 bits per heavy atom. The molecule has 1 aliphatic rings. The molecule has 0 unspecified atom stereocenters. The predicted octanol–water partition coefficient (Wildman–Crippen LogP) is 2.42. The molecule has 1 aliphatic carbocycles. The van der Waals surface area contributed by atoms with Crippen LogP contribution in [0, 0.1) is 11.6 Å². The highest BCUT2D eigenvalue weighted by Gasteiger charge is 2.32. The third-order valence-corrected chi connectivity index (χ3v) is 3.87. The Morgan fingerprint density at radius 2 is 2.00 bits per heavy atom. The minimum Gasteiger partial charge on any atom is -0.432 e. The summed E-state index contributed by atoms with van der Waals surface area (Å²) < 4.78 is 32.6. The molecule has 0 saturated heterocycles. The van der Waals surface area contributed by atoms with Crippen molar-refractivity contribution < 1.29 is 22.8 Å². The molecule has 2 aromatic rings. The van der Waals surface area contributed by atoms with Crippen LogP contribution in [0.2, 0.25) is 0 Å². The lowest BCUT2D eigenvalue weighted by atomic mass is 10.0. The molecule has 136 valence electrons. The number of allylic oxidation sites excluding steroid dienone is 2. The highest BCUT2D eigenvalue weighted by Crippen LogP contribution is 2.29. The summed E-state index contributed by atoms with van der Waals surface area (Å²) in [5.74, 6) is -3.87. The quantitative estimate of drug-likeness (QED) is 0.797. The number of hydrogen-bond donors (Lipinski definition) is 1. The number of oxazole rings is 1. The third-order valence-electron chi connectivity index (χ3n) is 3.87. The lowest BCUT2D eigenvalue weighted by Gasteiger charge is -2.13. The normalized spacial score (nSPS) is 13.8. The maximum atomic E-state index is 13.9. The summed E-state index contributed by atoms with van der Waals surface area (Å²) in [5, 5.41) is 2.91. The van der Waals surface area contributed by atoms with E-state index in [2.05, 4.69) is 10.3 Å². The number of hydrogen-bond acceptors (Lipinski definition) is 6. The van der Waals surface area contributed by atoms with Crippen LogP contribution < -0.4 is 5.32 Å². The molecule has 26 heavy (non-hydrogen) atoms. The van der Waals surface area contributed by atoms with Crippen molar-refractivity contribution in [2.24, 2.45) is 0 Å². The Morgan fingerprint density at radius 3 is 2.73 bits per heavy atom. The number of carbonyl (C=O) groups excluding carboxylic acids is 2. The molecule has 8 heteroatoms. The average Bonchev–Trinajstić information content (AvgIpc) is 3.04. The number of ketones is 2. The van der Waals surface area contributed by atoms with Crippen LogP contribution in [0.3, 0.4) is 0 Å². The maximum absolute atomic E-state index is 13.9. The highest BCUT2D eigenvalue weighted by atomic mass is 19.2. The Balaban J connectivity index is 1.83. The third kappa shape index (κ3) is 3.41. The SMILES string of the molecule is CN(C)CCCNC1=CC(=O)c2nc(-c3cccc(F)c3F)oc2C1=O. The van der Waals surface area contributed by atoms with Crippen molar-refractivity contribution in [1.82, 2.24) is 15.2 Å². The number of nitrogens with one attached hydrogen (secondary N) is 1. The fourth-order valence-electron chi connectivity index (χ4n) is 2.56. The van der Waals surface area contributed by atoms with Gasteiger partial charge in [0.25, 0.3) is 0 Å². The molecule has 3 rings (SSSR count). The molecule has 0 amide bonds. The van der Waals surface area contributed by atoms with Gasteiger partial charge in [-0.25, -0.2) is 13.8 Å². The van der Waals surface area contributed by atoms with E-state index in [1.807, 2.05) is 19.0 Å². The number of benzene rings is 1. The summed E-state index contributed by atoms with van der Waals surface area (Å²) in [6.45, 7) is 1.32. The van der Waals surface area contributed by atoms with Crippen molar-refractivity contribution in [3.8, 4) is 11.5 Å². The fourth-order valence-corrected chi connectivity index (χ4v) is 2.56. The number of aromatic nitrogens is 1. The zero-order valence-corrected chi connectivity index (χ0v) is 14.3. The van der Waals surface area contributed by atoms with Crippen LogP contribution in [-0.4, -0.2) is 48.6 Å². The second kappa shape index (κ2) is 7.17. The minimum absolute atomic E-state index is 0.101. The first-order valence-electron chi connectivity index (χ1n) is 8.03. The van der Waals surface area contributed by atoms with Crippen LogP contribution in [0.5, 0.6) is 0 Å². The van der Waals surface area contributed by atoms with Crippen LogP contribution >= 0.6 is 0 Å². The van der Waals surface area contributed by atoms with Gasteiger partial charge in [0.05, 0.1) is 11.3 Å². The van der Waals surface area contributed by atoms with Crippen molar-refractivity contribution in [3.63, 3.8) is 0 Å². The van der Waals surface area contributed by atoms with Gasteiger partial charge in [0.2, 0.25) is 23.2 Å². The van der Waals surface area contributed by atoms with Crippen molar-refractivity contribution in [3.05, 3.63) is 53.1 Å². The fraction of sp³-hybridized carbons (Fsp3) is 0.278. The van der Waals surface area contributed by atoms with E-state index in [4.69, 9.17) is 4.42 Å². The van der Waals surface area contributed by atoms with E-state index in [1.165, 1.54) is 12.1 Å². The monoisotopic (exact) mass is 361 g/mol. The Kier molecular flexibility index (Phi) is 4.94. The number of Topliss-reactive ketones (excluding diaryl/α,β-unsaturated/α-hetero) is 1. The molecule has 0 saturated carbocycles. The molecular formula is C18H17F2N3O3. The van der Waals surface area contributed by atoms with E-state index in [0.29, 0.717) is 6.54 Å². The molecule has 0 fully saturated rings. The number of carbonyl (C=O) groups is 2. The molecule has 0 aliphatic heterocycles. The van der Waals surface area contributed by atoms with Gasteiger partial charge in [0, 0.05) is 12.6 Å². The van der Waals surface area contributed by atoms with E-state index < -0.39 is 23.2 Å². The van der Waals surface area contributed by atoms with Gasteiger partial charge in [0.1, 0.15) is 0 Å². The summed E-state index contributed by atoms with van der Waals surface area (Å²) >= 11 is 0. The standard InChI is InChI=1S/C18H17F2N3O3/c1-23(2)8-4-7-21-12-9-13(24)15-17(16(12)25)26-18(22-15)10-5-3-6-11(19)14(10)20/h3,5-6,9,21H,4,7-8H2,1-2H3. The van der Waals surface area contributed by atoms with Gasteiger partial charge in [-0.15, -0.1) is 0 Å². The van der Waals surface area contributed by atoms with Gasteiger partial charge in [-0.1, -0.05) is 6.07 Å². The Hall–Kier alpha value is -2.87. The summed E-state index contributed by atoms with van der Waals surface area (Å²) in [7, 11) is 3.87. The molecule has 0 atom stereocenters. The minimum atomic E-state index is -1.15. The molecule has 0 spiro atoms.